The van der Waals surface area contributed by atoms with Crippen LogP contribution in [0.25, 0.3) is 10.9 Å². The van der Waals surface area contributed by atoms with Gasteiger partial charge in [-0.2, -0.15) is 0 Å². The number of nitrogens with zero attached hydrogens (tertiary/aromatic N) is 2. The second-order valence-corrected chi connectivity index (χ2v) is 8.77. The van der Waals surface area contributed by atoms with Crippen LogP contribution in [0.5, 0.6) is 5.88 Å². The summed E-state index contributed by atoms with van der Waals surface area (Å²) in [6.45, 7) is 13.4. The second-order valence-electron chi connectivity index (χ2n) is 8.77. The van der Waals surface area contributed by atoms with Gasteiger partial charge in [0.15, 0.2) is 0 Å². The van der Waals surface area contributed by atoms with Gasteiger partial charge < -0.3 is 18.8 Å². The van der Waals surface area contributed by atoms with Crippen molar-refractivity contribution < 1.29 is 23.6 Å². The van der Waals surface area contributed by atoms with E-state index in [2.05, 4.69) is 4.98 Å². The number of carbonyl (C=O) groups excluding carboxylic acids is 1. The molecule has 7 nitrogen and oxygen atoms in total. The predicted octanol–water partition coefficient (Wildman–Crippen LogP) is 3.13. The highest BCUT2D eigenvalue weighted by Crippen LogP contribution is 2.37. The Hall–Kier alpha value is -2.06. The minimum absolute atomic E-state index is 0.446. The van der Waals surface area contributed by atoms with Gasteiger partial charge in [-0.3, -0.25) is 4.57 Å². The van der Waals surface area contributed by atoms with E-state index in [1.165, 1.54) is 4.57 Å². The third-order valence-electron chi connectivity index (χ3n) is 5.00. The van der Waals surface area contributed by atoms with Crippen molar-refractivity contribution in [3.05, 3.63) is 18.5 Å². The zero-order valence-corrected chi connectivity index (χ0v) is 17.2. The maximum absolute atomic E-state index is 12.7. The highest BCUT2D eigenvalue weighted by Gasteiger charge is 2.52. The van der Waals surface area contributed by atoms with Crippen LogP contribution in [0.3, 0.4) is 0 Å². The summed E-state index contributed by atoms with van der Waals surface area (Å²) in [5.41, 5.74) is -0.257. The van der Waals surface area contributed by atoms with Gasteiger partial charge in [-0.1, -0.05) is 0 Å². The summed E-state index contributed by atoms with van der Waals surface area (Å²) < 4.78 is 24.6. The summed E-state index contributed by atoms with van der Waals surface area (Å²) in [5, 5.41) is 0.770. The molecule has 3 rings (SSSR count). The van der Waals surface area contributed by atoms with Crippen molar-refractivity contribution in [3.8, 4) is 5.88 Å². The Labute approximate surface area is 160 Å². The Balaban J connectivity index is 2.11. The lowest BCUT2D eigenvalue weighted by Crippen LogP contribution is -2.41. The highest BCUT2D eigenvalue weighted by atomic mass is 16.7. The van der Waals surface area contributed by atoms with Gasteiger partial charge in [0.25, 0.3) is 0 Å². The molecule has 0 spiro atoms. The molecule has 0 aromatic carbocycles. The molecule has 8 heteroatoms. The van der Waals surface area contributed by atoms with Crippen LogP contribution in [-0.2, 0) is 14.0 Å². The molecule has 1 aliphatic rings. The Bertz CT molecular complexity index is 866. The number of pyridine rings is 1. The third-order valence-corrected chi connectivity index (χ3v) is 5.00. The van der Waals surface area contributed by atoms with E-state index in [1.807, 2.05) is 48.5 Å². The van der Waals surface area contributed by atoms with Crippen LogP contribution in [0.15, 0.2) is 18.5 Å². The standard InChI is InChI=1S/C19H27BN2O5/c1-17(2,3)25-16(23)22-11-13(12-9-15(24-8)21-10-14(12)22)20-26-18(4,5)19(6,7)27-20/h9-11H,1-8H3. The van der Waals surface area contributed by atoms with E-state index in [0.717, 1.165) is 10.8 Å². The third kappa shape index (κ3) is 3.56. The van der Waals surface area contributed by atoms with E-state index < -0.39 is 30.0 Å². The molecule has 1 fully saturated rings. The summed E-state index contributed by atoms with van der Waals surface area (Å²) in [5.74, 6) is 0.446. The number of ether oxygens (including phenoxy) is 2. The highest BCUT2D eigenvalue weighted by molar-refractivity contribution is 6.65. The number of methoxy groups -OCH3 is 1. The van der Waals surface area contributed by atoms with E-state index in [-0.39, 0.29) is 0 Å². The molecule has 2 aromatic rings. The van der Waals surface area contributed by atoms with Gasteiger partial charge in [0, 0.05) is 23.1 Å². The molecule has 1 saturated heterocycles. The minimum Gasteiger partial charge on any atom is -0.481 e. The monoisotopic (exact) mass is 374 g/mol. The maximum atomic E-state index is 12.7. The summed E-state index contributed by atoms with van der Waals surface area (Å²) in [4.78, 5) is 16.9. The van der Waals surface area contributed by atoms with Crippen molar-refractivity contribution >= 4 is 29.6 Å². The molecule has 146 valence electrons. The van der Waals surface area contributed by atoms with E-state index in [4.69, 9.17) is 18.8 Å². The van der Waals surface area contributed by atoms with Crippen molar-refractivity contribution in [3.63, 3.8) is 0 Å². The van der Waals surface area contributed by atoms with Gasteiger partial charge in [0.2, 0.25) is 5.88 Å². The van der Waals surface area contributed by atoms with Crippen LogP contribution >= 0.6 is 0 Å². The number of rotatable bonds is 2. The fourth-order valence-electron chi connectivity index (χ4n) is 2.86. The minimum atomic E-state index is -0.617. The smallest absolute Gasteiger partial charge is 0.481 e. The fraction of sp³-hybridized carbons (Fsp3) is 0.579. The summed E-state index contributed by atoms with van der Waals surface area (Å²) in [7, 11) is 0.932. The fourth-order valence-corrected chi connectivity index (χ4v) is 2.86. The van der Waals surface area contributed by atoms with Gasteiger partial charge in [0.1, 0.15) is 5.60 Å². The van der Waals surface area contributed by atoms with E-state index >= 15 is 0 Å². The number of carbonyl (C=O) groups is 1. The lowest BCUT2D eigenvalue weighted by atomic mass is 9.79. The van der Waals surface area contributed by atoms with Gasteiger partial charge in [-0.15, -0.1) is 0 Å². The van der Waals surface area contributed by atoms with Crippen molar-refractivity contribution in [1.82, 2.24) is 9.55 Å². The van der Waals surface area contributed by atoms with Crippen molar-refractivity contribution in [2.75, 3.05) is 7.11 Å². The molecule has 0 N–H and O–H groups in total. The first kappa shape index (κ1) is 19.7. The van der Waals surface area contributed by atoms with Gasteiger partial charge in [0.05, 0.1) is 30.0 Å². The quantitative estimate of drug-likeness (QED) is 0.753. The summed E-state index contributed by atoms with van der Waals surface area (Å²) in [6.07, 6.45) is 2.80. The lowest BCUT2D eigenvalue weighted by molar-refractivity contribution is 0.00578. The molecule has 27 heavy (non-hydrogen) atoms. The SMILES string of the molecule is COc1cc2c(B3OC(C)(C)C(C)(C)O3)cn(C(=O)OC(C)(C)C)c2cn1. The normalized spacial score (nSPS) is 18.7. The van der Waals surface area contributed by atoms with Crippen LogP contribution in [0.1, 0.15) is 48.5 Å². The average molecular weight is 374 g/mol. The zero-order valence-electron chi connectivity index (χ0n) is 17.2. The van der Waals surface area contributed by atoms with Crippen molar-refractivity contribution in [2.45, 2.75) is 65.3 Å². The molecule has 0 saturated carbocycles. The van der Waals surface area contributed by atoms with Crippen LogP contribution in [-0.4, -0.2) is 46.7 Å². The Morgan fingerprint density at radius 1 is 1.19 bits per heavy atom. The molecule has 0 amide bonds. The molecule has 0 aliphatic carbocycles. The van der Waals surface area contributed by atoms with Crippen LogP contribution in [0.4, 0.5) is 4.79 Å². The first-order valence-electron chi connectivity index (χ1n) is 8.98. The maximum Gasteiger partial charge on any atom is 0.497 e. The lowest BCUT2D eigenvalue weighted by Gasteiger charge is -2.32. The second kappa shape index (κ2) is 6.24. The molecule has 0 bridgehead atoms. The molecule has 0 radical (unpaired) electrons. The predicted molar refractivity (Wildman–Crippen MR) is 104 cm³/mol. The molecule has 3 heterocycles. The Morgan fingerprint density at radius 2 is 1.78 bits per heavy atom. The molecular weight excluding hydrogens is 347 g/mol. The summed E-state index contributed by atoms with van der Waals surface area (Å²) in [6, 6.07) is 1.77. The van der Waals surface area contributed by atoms with Crippen LogP contribution < -0.4 is 10.2 Å². The topological polar surface area (TPSA) is 71.8 Å². The van der Waals surface area contributed by atoms with Gasteiger partial charge in [-0.25, -0.2) is 9.78 Å². The molecular formula is C19H27BN2O5. The average Bonchev–Trinajstić information content (AvgIpc) is 2.99. The van der Waals surface area contributed by atoms with Crippen molar-refractivity contribution in [2.24, 2.45) is 0 Å². The largest absolute Gasteiger partial charge is 0.497 e. The molecule has 1 aliphatic heterocycles. The molecule has 0 atom stereocenters. The van der Waals surface area contributed by atoms with Crippen LogP contribution in [0, 0.1) is 0 Å². The van der Waals surface area contributed by atoms with Gasteiger partial charge >= 0.3 is 13.2 Å². The Kier molecular flexibility index (Phi) is 4.55. The van der Waals surface area contributed by atoms with Crippen molar-refractivity contribution in [1.29, 1.82) is 0 Å². The zero-order chi connectivity index (χ0) is 20.2. The number of aromatic nitrogens is 2. The van der Waals surface area contributed by atoms with E-state index in [0.29, 0.717) is 11.4 Å². The first-order chi connectivity index (χ1) is 12.3. The number of hydrogen-bond donors (Lipinski definition) is 0. The van der Waals surface area contributed by atoms with E-state index in [9.17, 15) is 4.79 Å². The van der Waals surface area contributed by atoms with E-state index in [1.54, 1.807) is 25.6 Å². The number of hydrogen-bond acceptors (Lipinski definition) is 6. The first-order valence-corrected chi connectivity index (χ1v) is 8.98. The Morgan fingerprint density at radius 3 is 2.30 bits per heavy atom. The molecule has 2 aromatic heterocycles. The van der Waals surface area contributed by atoms with Crippen LogP contribution in [0.2, 0.25) is 0 Å². The number of fused-ring (bicyclic) bond motifs is 1. The van der Waals surface area contributed by atoms with Gasteiger partial charge in [-0.05, 0) is 48.5 Å². The molecule has 0 unspecified atom stereocenters. The summed E-state index contributed by atoms with van der Waals surface area (Å²) >= 11 is 0.